The van der Waals surface area contributed by atoms with Crippen molar-refractivity contribution in [3.63, 3.8) is 0 Å². The summed E-state index contributed by atoms with van der Waals surface area (Å²) in [6.45, 7) is 2.39. The molecule has 1 aromatic heterocycles. The zero-order chi connectivity index (χ0) is 13.7. The summed E-state index contributed by atoms with van der Waals surface area (Å²) in [6, 6.07) is 5.51. The number of methoxy groups -OCH3 is 1. The SMILES string of the molecule is COc1cc(/C=N\N)ccc1OCc1csc(C)n1. The normalized spacial score (nSPS) is 10.8. The van der Waals surface area contributed by atoms with Crippen molar-refractivity contribution >= 4 is 17.6 Å². The number of nitrogens with zero attached hydrogens (tertiary/aromatic N) is 2. The lowest BCUT2D eigenvalue weighted by Crippen LogP contribution is -1.99. The van der Waals surface area contributed by atoms with Gasteiger partial charge in [-0.05, 0) is 30.7 Å². The van der Waals surface area contributed by atoms with Gasteiger partial charge in [-0.1, -0.05) is 0 Å². The number of ether oxygens (including phenoxy) is 2. The number of hydrazone groups is 1. The molecule has 19 heavy (non-hydrogen) atoms. The molecule has 0 aliphatic rings. The van der Waals surface area contributed by atoms with E-state index in [1.165, 1.54) is 0 Å². The van der Waals surface area contributed by atoms with E-state index in [1.54, 1.807) is 24.7 Å². The molecule has 0 aliphatic heterocycles. The molecule has 2 rings (SSSR count). The molecule has 0 unspecified atom stereocenters. The van der Waals surface area contributed by atoms with Crippen LogP contribution in [0.1, 0.15) is 16.3 Å². The van der Waals surface area contributed by atoms with E-state index in [0.717, 1.165) is 16.3 Å². The third-order valence-corrected chi connectivity index (χ3v) is 3.28. The summed E-state index contributed by atoms with van der Waals surface area (Å²) in [5.74, 6) is 6.43. The molecule has 2 aromatic rings. The largest absolute Gasteiger partial charge is 0.493 e. The van der Waals surface area contributed by atoms with Gasteiger partial charge in [0.1, 0.15) is 6.61 Å². The number of benzene rings is 1. The Morgan fingerprint density at radius 2 is 2.26 bits per heavy atom. The summed E-state index contributed by atoms with van der Waals surface area (Å²) in [5, 5.41) is 6.49. The summed E-state index contributed by atoms with van der Waals surface area (Å²) >= 11 is 1.60. The van der Waals surface area contributed by atoms with Gasteiger partial charge in [-0.2, -0.15) is 5.10 Å². The molecular formula is C13H15N3O2S. The van der Waals surface area contributed by atoms with Crippen molar-refractivity contribution in [3.05, 3.63) is 39.8 Å². The van der Waals surface area contributed by atoms with Crippen molar-refractivity contribution in [3.8, 4) is 11.5 Å². The van der Waals surface area contributed by atoms with Crippen LogP contribution < -0.4 is 15.3 Å². The third kappa shape index (κ3) is 3.45. The van der Waals surface area contributed by atoms with Crippen molar-refractivity contribution < 1.29 is 9.47 Å². The maximum atomic E-state index is 5.70. The number of nitrogens with two attached hydrogens (primary N) is 1. The van der Waals surface area contributed by atoms with Gasteiger partial charge in [0, 0.05) is 5.38 Å². The topological polar surface area (TPSA) is 69.7 Å². The molecule has 100 valence electrons. The second kappa shape index (κ2) is 6.19. The molecule has 0 amide bonds. The smallest absolute Gasteiger partial charge is 0.161 e. The fourth-order valence-electron chi connectivity index (χ4n) is 1.60. The van der Waals surface area contributed by atoms with Gasteiger partial charge in [-0.3, -0.25) is 0 Å². The predicted octanol–water partition coefficient (Wildman–Crippen LogP) is 2.33. The Morgan fingerprint density at radius 3 is 2.89 bits per heavy atom. The highest BCUT2D eigenvalue weighted by Gasteiger charge is 2.06. The van der Waals surface area contributed by atoms with Gasteiger partial charge in [-0.15, -0.1) is 11.3 Å². The minimum absolute atomic E-state index is 0.422. The van der Waals surface area contributed by atoms with Crippen LogP contribution in [0.15, 0.2) is 28.7 Å². The molecule has 0 fully saturated rings. The minimum Gasteiger partial charge on any atom is -0.493 e. The van der Waals surface area contributed by atoms with Crippen LogP contribution in [0.3, 0.4) is 0 Å². The maximum Gasteiger partial charge on any atom is 0.161 e. The van der Waals surface area contributed by atoms with E-state index in [1.807, 2.05) is 30.5 Å². The number of hydrogen-bond acceptors (Lipinski definition) is 6. The summed E-state index contributed by atoms with van der Waals surface area (Å²) in [7, 11) is 1.60. The lowest BCUT2D eigenvalue weighted by Gasteiger charge is -2.10. The summed E-state index contributed by atoms with van der Waals surface area (Å²) in [5.41, 5.74) is 1.77. The van der Waals surface area contributed by atoms with E-state index in [-0.39, 0.29) is 0 Å². The van der Waals surface area contributed by atoms with Crippen LogP contribution in [0.2, 0.25) is 0 Å². The van der Waals surface area contributed by atoms with Gasteiger partial charge in [0.25, 0.3) is 0 Å². The summed E-state index contributed by atoms with van der Waals surface area (Å²) in [4.78, 5) is 4.34. The van der Waals surface area contributed by atoms with Crippen LogP contribution in [0.25, 0.3) is 0 Å². The highest BCUT2D eigenvalue weighted by Crippen LogP contribution is 2.28. The second-order valence-corrected chi connectivity index (χ2v) is 4.90. The van der Waals surface area contributed by atoms with Crippen LogP contribution in [-0.4, -0.2) is 18.3 Å². The summed E-state index contributed by atoms with van der Waals surface area (Å²) in [6.07, 6.45) is 1.55. The van der Waals surface area contributed by atoms with Crippen LogP contribution in [0, 0.1) is 6.92 Å². The van der Waals surface area contributed by atoms with E-state index in [9.17, 15) is 0 Å². The molecule has 2 N–H and O–H groups in total. The fourth-order valence-corrected chi connectivity index (χ4v) is 2.19. The van der Waals surface area contributed by atoms with Crippen LogP contribution in [0.5, 0.6) is 11.5 Å². The first-order chi connectivity index (χ1) is 9.22. The zero-order valence-electron chi connectivity index (χ0n) is 10.8. The van der Waals surface area contributed by atoms with Gasteiger partial charge < -0.3 is 15.3 Å². The van der Waals surface area contributed by atoms with Crippen molar-refractivity contribution in [2.45, 2.75) is 13.5 Å². The number of aryl methyl sites for hydroxylation is 1. The van der Waals surface area contributed by atoms with Gasteiger partial charge in [0.2, 0.25) is 0 Å². The Balaban J connectivity index is 2.11. The third-order valence-electron chi connectivity index (χ3n) is 2.45. The maximum absolute atomic E-state index is 5.70. The zero-order valence-corrected chi connectivity index (χ0v) is 11.6. The Morgan fingerprint density at radius 1 is 1.42 bits per heavy atom. The van der Waals surface area contributed by atoms with Crippen molar-refractivity contribution in [2.24, 2.45) is 10.9 Å². The minimum atomic E-state index is 0.422. The Labute approximate surface area is 115 Å². The van der Waals surface area contributed by atoms with E-state index >= 15 is 0 Å². The van der Waals surface area contributed by atoms with Crippen LogP contribution >= 0.6 is 11.3 Å². The molecule has 0 radical (unpaired) electrons. The molecular weight excluding hydrogens is 262 g/mol. The molecule has 6 heteroatoms. The highest BCUT2D eigenvalue weighted by molar-refractivity contribution is 7.09. The Kier molecular flexibility index (Phi) is 4.35. The van der Waals surface area contributed by atoms with Gasteiger partial charge in [0.05, 0.1) is 24.0 Å². The first kappa shape index (κ1) is 13.4. The fraction of sp³-hybridized carbons (Fsp3) is 0.231. The second-order valence-electron chi connectivity index (χ2n) is 3.84. The van der Waals surface area contributed by atoms with Gasteiger partial charge >= 0.3 is 0 Å². The average Bonchev–Trinajstić information content (AvgIpc) is 2.83. The van der Waals surface area contributed by atoms with Crippen molar-refractivity contribution in [2.75, 3.05) is 7.11 Å². The summed E-state index contributed by atoms with van der Waals surface area (Å²) < 4.78 is 11.0. The Bertz CT molecular complexity index is 581. The molecule has 0 atom stereocenters. The van der Waals surface area contributed by atoms with E-state index < -0.39 is 0 Å². The molecule has 0 saturated carbocycles. The molecule has 0 saturated heterocycles. The standard InChI is InChI=1S/C13H15N3O2S/c1-9-16-11(8-19-9)7-18-12-4-3-10(6-15-14)5-13(12)17-2/h3-6,8H,7,14H2,1-2H3/b15-6-. The van der Waals surface area contributed by atoms with Crippen molar-refractivity contribution in [1.29, 1.82) is 0 Å². The molecule has 1 heterocycles. The molecule has 5 nitrogen and oxygen atoms in total. The van der Waals surface area contributed by atoms with Crippen molar-refractivity contribution in [1.82, 2.24) is 4.98 Å². The quantitative estimate of drug-likeness (QED) is 0.517. The number of aromatic nitrogens is 1. The van der Waals surface area contributed by atoms with Gasteiger partial charge in [0.15, 0.2) is 11.5 Å². The van der Waals surface area contributed by atoms with Crippen LogP contribution in [-0.2, 0) is 6.61 Å². The first-order valence-corrected chi connectivity index (χ1v) is 6.56. The lowest BCUT2D eigenvalue weighted by molar-refractivity contribution is 0.281. The number of hydrogen-bond donors (Lipinski definition) is 1. The predicted molar refractivity (Wildman–Crippen MR) is 76.0 cm³/mol. The molecule has 0 aliphatic carbocycles. The molecule has 0 spiro atoms. The first-order valence-electron chi connectivity index (χ1n) is 5.68. The van der Waals surface area contributed by atoms with E-state index in [0.29, 0.717) is 18.1 Å². The van der Waals surface area contributed by atoms with E-state index in [2.05, 4.69) is 10.1 Å². The van der Waals surface area contributed by atoms with Crippen LogP contribution in [0.4, 0.5) is 0 Å². The molecule has 0 bridgehead atoms. The monoisotopic (exact) mass is 277 g/mol. The van der Waals surface area contributed by atoms with E-state index in [4.69, 9.17) is 15.3 Å². The Hall–Kier alpha value is -2.08. The number of rotatable bonds is 5. The lowest BCUT2D eigenvalue weighted by atomic mass is 10.2. The molecule has 1 aromatic carbocycles. The average molecular weight is 277 g/mol. The highest BCUT2D eigenvalue weighted by atomic mass is 32.1. The van der Waals surface area contributed by atoms with Gasteiger partial charge in [-0.25, -0.2) is 4.98 Å². The number of thiazole rings is 1.